The van der Waals surface area contributed by atoms with E-state index in [1.165, 1.54) is 11.4 Å². The quantitative estimate of drug-likeness (QED) is 0.837. The van der Waals surface area contributed by atoms with Gasteiger partial charge in [-0.2, -0.15) is 0 Å². The monoisotopic (exact) mass is 339 g/mol. The van der Waals surface area contributed by atoms with Gasteiger partial charge in [0.05, 0.1) is 6.04 Å². The van der Waals surface area contributed by atoms with E-state index in [9.17, 15) is 4.79 Å². The topological polar surface area (TPSA) is 45.7 Å². The fraction of sp³-hybridized carbons (Fsp3) is 0.765. The van der Waals surface area contributed by atoms with Gasteiger partial charge >= 0.3 is 6.09 Å². The molecule has 0 unspecified atom stereocenters. The number of aromatic nitrogens is 1. The van der Waals surface area contributed by atoms with Crippen LogP contribution in [0.3, 0.4) is 0 Å². The number of thiazole rings is 1. The molecule has 23 heavy (non-hydrogen) atoms. The van der Waals surface area contributed by atoms with E-state index in [1.54, 1.807) is 16.2 Å². The van der Waals surface area contributed by atoms with Gasteiger partial charge in [-0.15, -0.1) is 11.3 Å². The number of rotatable bonds is 4. The highest BCUT2D eigenvalue weighted by molar-refractivity contribution is 7.09. The number of amides is 1. The smallest absolute Gasteiger partial charge is 0.410 e. The van der Waals surface area contributed by atoms with Crippen molar-refractivity contribution in [1.82, 2.24) is 14.8 Å². The minimum Gasteiger partial charge on any atom is -0.444 e. The molecule has 2 atom stereocenters. The van der Waals surface area contributed by atoms with E-state index >= 15 is 0 Å². The zero-order valence-corrected chi connectivity index (χ0v) is 15.7. The van der Waals surface area contributed by atoms with Gasteiger partial charge in [0, 0.05) is 31.7 Å². The Morgan fingerprint density at radius 2 is 2.30 bits per heavy atom. The summed E-state index contributed by atoms with van der Waals surface area (Å²) in [6.45, 7) is 10.8. The van der Waals surface area contributed by atoms with Gasteiger partial charge in [0.2, 0.25) is 0 Å². The third-order valence-corrected chi connectivity index (χ3v) is 5.09. The van der Waals surface area contributed by atoms with Crippen LogP contribution in [-0.2, 0) is 4.74 Å². The molecule has 2 heterocycles. The molecule has 0 spiro atoms. The summed E-state index contributed by atoms with van der Waals surface area (Å²) in [6, 6.07) is 0.352. The molecule has 6 heteroatoms. The highest BCUT2D eigenvalue weighted by Crippen LogP contribution is 2.28. The third-order valence-electron chi connectivity index (χ3n) is 4.14. The first kappa shape index (κ1) is 18.2. The van der Waals surface area contributed by atoms with Gasteiger partial charge in [0.25, 0.3) is 0 Å². The van der Waals surface area contributed by atoms with E-state index in [4.69, 9.17) is 4.74 Å². The molecule has 0 aliphatic carbocycles. The lowest BCUT2D eigenvalue weighted by molar-refractivity contribution is 0.0232. The first-order chi connectivity index (χ1) is 10.8. The van der Waals surface area contributed by atoms with Crippen molar-refractivity contribution >= 4 is 17.4 Å². The van der Waals surface area contributed by atoms with Crippen LogP contribution in [0.5, 0.6) is 0 Å². The molecule has 0 N–H and O–H groups in total. The molecule has 1 aromatic heterocycles. The molecule has 5 nitrogen and oxygen atoms in total. The largest absolute Gasteiger partial charge is 0.444 e. The van der Waals surface area contributed by atoms with E-state index in [1.807, 2.05) is 39.4 Å². The number of likely N-dealkylation sites (tertiary alicyclic amines) is 1. The van der Waals surface area contributed by atoms with Crippen LogP contribution in [0.25, 0.3) is 0 Å². The van der Waals surface area contributed by atoms with Gasteiger partial charge in [-0.3, -0.25) is 4.90 Å². The molecule has 0 saturated carbocycles. The zero-order valence-electron chi connectivity index (χ0n) is 14.9. The maximum Gasteiger partial charge on any atom is 0.410 e. The second-order valence-electron chi connectivity index (χ2n) is 7.41. The lowest BCUT2D eigenvalue weighted by Crippen LogP contribution is -2.43. The molecule has 1 fully saturated rings. The van der Waals surface area contributed by atoms with Gasteiger partial charge in [0.1, 0.15) is 10.6 Å². The Balaban J connectivity index is 1.87. The van der Waals surface area contributed by atoms with E-state index in [0.29, 0.717) is 12.0 Å². The summed E-state index contributed by atoms with van der Waals surface area (Å²) >= 11 is 1.71. The summed E-state index contributed by atoms with van der Waals surface area (Å²) in [6.07, 6.45) is 3.97. The summed E-state index contributed by atoms with van der Waals surface area (Å²) in [4.78, 5) is 20.8. The molecule has 1 amide bonds. The summed E-state index contributed by atoms with van der Waals surface area (Å²) < 4.78 is 5.44. The Morgan fingerprint density at radius 3 is 2.91 bits per heavy atom. The van der Waals surface area contributed by atoms with Crippen molar-refractivity contribution in [3.05, 3.63) is 16.6 Å². The number of carbonyl (C=O) groups excluding carboxylic acids is 1. The van der Waals surface area contributed by atoms with Gasteiger partial charge in [-0.1, -0.05) is 0 Å². The van der Waals surface area contributed by atoms with E-state index < -0.39 is 5.60 Å². The van der Waals surface area contributed by atoms with Crippen LogP contribution in [0.15, 0.2) is 11.6 Å². The van der Waals surface area contributed by atoms with Crippen molar-refractivity contribution in [1.29, 1.82) is 0 Å². The van der Waals surface area contributed by atoms with Crippen LogP contribution in [-0.4, -0.2) is 53.2 Å². The average Bonchev–Trinajstić information content (AvgIpc) is 2.99. The minimum absolute atomic E-state index is 0.234. The van der Waals surface area contributed by atoms with Gasteiger partial charge in [-0.05, 0) is 53.0 Å². The summed E-state index contributed by atoms with van der Waals surface area (Å²) in [5.74, 6) is 0.490. The molecule has 0 bridgehead atoms. The van der Waals surface area contributed by atoms with Crippen molar-refractivity contribution < 1.29 is 9.53 Å². The van der Waals surface area contributed by atoms with E-state index in [0.717, 1.165) is 26.1 Å². The molecule has 0 aromatic carbocycles. The van der Waals surface area contributed by atoms with Crippen molar-refractivity contribution in [2.75, 3.05) is 26.7 Å². The molecule has 0 radical (unpaired) electrons. The van der Waals surface area contributed by atoms with Gasteiger partial charge < -0.3 is 9.64 Å². The predicted molar refractivity (Wildman–Crippen MR) is 93.7 cm³/mol. The summed E-state index contributed by atoms with van der Waals surface area (Å²) in [5, 5.41) is 3.20. The van der Waals surface area contributed by atoms with Crippen LogP contribution in [0, 0.1) is 5.92 Å². The SMILES string of the molecule is C[C@@H](c1nccs1)N1CCC[C@@H](CN(C)C(=O)OC(C)(C)C)C1. The van der Waals surface area contributed by atoms with Crippen molar-refractivity contribution in [2.24, 2.45) is 5.92 Å². The molecular formula is C17H29N3O2S. The van der Waals surface area contributed by atoms with Crippen LogP contribution < -0.4 is 0 Å². The summed E-state index contributed by atoms with van der Waals surface area (Å²) in [7, 11) is 1.83. The molecule has 130 valence electrons. The Kier molecular flexibility index (Phi) is 6.03. The molecular weight excluding hydrogens is 310 g/mol. The van der Waals surface area contributed by atoms with Gasteiger partial charge in [0.15, 0.2) is 0 Å². The van der Waals surface area contributed by atoms with Crippen molar-refractivity contribution in [3.63, 3.8) is 0 Å². The van der Waals surface area contributed by atoms with Crippen LogP contribution >= 0.6 is 11.3 Å². The summed E-state index contributed by atoms with van der Waals surface area (Å²) in [5.41, 5.74) is -0.441. The maximum atomic E-state index is 12.1. The molecule has 1 saturated heterocycles. The zero-order chi connectivity index (χ0) is 17.0. The van der Waals surface area contributed by atoms with Crippen LogP contribution in [0.4, 0.5) is 4.79 Å². The molecule has 1 aromatic rings. The Bertz CT molecular complexity index is 498. The van der Waals surface area contributed by atoms with Crippen LogP contribution in [0.2, 0.25) is 0 Å². The van der Waals surface area contributed by atoms with Crippen molar-refractivity contribution in [3.8, 4) is 0 Å². The molecule has 1 aliphatic heterocycles. The fourth-order valence-electron chi connectivity index (χ4n) is 3.00. The first-order valence-corrected chi connectivity index (χ1v) is 9.22. The Morgan fingerprint density at radius 1 is 1.57 bits per heavy atom. The number of ether oxygens (including phenoxy) is 1. The predicted octanol–water partition coefficient (Wildman–Crippen LogP) is 3.78. The second-order valence-corrected chi connectivity index (χ2v) is 8.34. The third kappa shape index (κ3) is 5.46. The van der Waals surface area contributed by atoms with E-state index in [2.05, 4.69) is 16.8 Å². The molecule has 2 rings (SSSR count). The number of nitrogens with zero attached hydrogens (tertiary/aromatic N) is 3. The number of hydrogen-bond acceptors (Lipinski definition) is 5. The number of piperidine rings is 1. The lowest BCUT2D eigenvalue weighted by atomic mass is 9.96. The lowest BCUT2D eigenvalue weighted by Gasteiger charge is -2.37. The highest BCUT2D eigenvalue weighted by Gasteiger charge is 2.28. The Hall–Kier alpha value is -1.14. The van der Waals surface area contributed by atoms with E-state index in [-0.39, 0.29) is 6.09 Å². The molecule has 1 aliphatic rings. The standard InChI is InChI=1S/C17H29N3O2S/c1-13(15-18-8-10-23-15)20-9-6-7-14(12-20)11-19(5)16(21)22-17(2,3)4/h8,10,13-14H,6-7,9,11-12H2,1-5H3/t13-,14-/m0/s1. The first-order valence-electron chi connectivity index (χ1n) is 8.34. The number of hydrogen-bond donors (Lipinski definition) is 0. The van der Waals surface area contributed by atoms with Gasteiger partial charge in [-0.25, -0.2) is 9.78 Å². The second kappa shape index (κ2) is 7.62. The van der Waals surface area contributed by atoms with Crippen LogP contribution in [0.1, 0.15) is 51.6 Å². The minimum atomic E-state index is -0.441. The fourth-order valence-corrected chi connectivity index (χ4v) is 3.73. The average molecular weight is 340 g/mol. The Labute approximate surface area is 143 Å². The highest BCUT2D eigenvalue weighted by atomic mass is 32.1. The maximum absolute atomic E-state index is 12.1. The number of carbonyl (C=O) groups is 1. The van der Waals surface area contributed by atoms with Crippen molar-refractivity contribution in [2.45, 2.75) is 52.2 Å². The normalized spacial score (nSPS) is 21.0.